The van der Waals surface area contributed by atoms with Gasteiger partial charge in [-0.3, -0.25) is 0 Å². The molecule has 0 unspecified atom stereocenters. The molecule has 0 radical (unpaired) electrons. The van der Waals surface area contributed by atoms with Crippen LogP contribution in [0.5, 0.6) is 5.75 Å². The largest absolute Gasteiger partial charge is 0.497 e. The Hall–Kier alpha value is -1.95. The van der Waals surface area contributed by atoms with E-state index in [9.17, 15) is 9.90 Å². The molecule has 0 bridgehead atoms. The Balaban J connectivity index is 1.46. The van der Waals surface area contributed by atoms with Crippen LogP contribution < -0.4 is 15.0 Å². The van der Waals surface area contributed by atoms with Crippen LogP contribution >= 0.6 is 0 Å². The summed E-state index contributed by atoms with van der Waals surface area (Å²) in [4.78, 5) is 16.6. The van der Waals surface area contributed by atoms with Crippen LogP contribution in [0.4, 0.5) is 10.5 Å². The summed E-state index contributed by atoms with van der Waals surface area (Å²) in [5, 5.41) is 12.4. The van der Waals surface area contributed by atoms with Crippen molar-refractivity contribution in [3.63, 3.8) is 0 Å². The minimum Gasteiger partial charge on any atom is -0.497 e. The van der Waals surface area contributed by atoms with Crippen molar-refractivity contribution in [1.82, 2.24) is 10.2 Å². The maximum Gasteiger partial charge on any atom is 0.317 e. The van der Waals surface area contributed by atoms with Gasteiger partial charge in [0.15, 0.2) is 0 Å². The fraction of sp³-hybridized carbons (Fsp3) is 0.632. The number of amides is 2. The van der Waals surface area contributed by atoms with E-state index in [1.807, 2.05) is 17.0 Å². The molecule has 6 nitrogen and oxygen atoms in total. The maximum atomic E-state index is 12.4. The lowest BCUT2D eigenvalue weighted by Gasteiger charge is -2.32. The highest BCUT2D eigenvalue weighted by Crippen LogP contribution is 2.26. The average Bonchev–Trinajstić information content (AvgIpc) is 3.15. The highest BCUT2D eigenvalue weighted by Gasteiger charge is 2.26. The number of piperidine rings is 1. The third-order valence-electron chi connectivity index (χ3n) is 5.31. The number of hydrogen-bond donors (Lipinski definition) is 2. The zero-order valence-corrected chi connectivity index (χ0v) is 15.0. The second-order valence-corrected chi connectivity index (χ2v) is 7.13. The molecule has 0 saturated carbocycles. The van der Waals surface area contributed by atoms with Crippen molar-refractivity contribution in [1.29, 1.82) is 0 Å². The van der Waals surface area contributed by atoms with Gasteiger partial charge in [-0.15, -0.1) is 0 Å². The predicted octanol–water partition coefficient (Wildman–Crippen LogP) is 1.94. The van der Waals surface area contributed by atoms with E-state index < -0.39 is 0 Å². The number of rotatable bonds is 5. The van der Waals surface area contributed by atoms with Crippen molar-refractivity contribution in [2.24, 2.45) is 11.8 Å². The monoisotopic (exact) mass is 347 g/mol. The summed E-state index contributed by atoms with van der Waals surface area (Å²) in [7, 11) is 1.68. The van der Waals surface area contributed by atoms with Gasteiger partial charge < -0.3 is 25.0 Å². The zero-order chi connectivity index (χ0) is 17.6. The van der Waals surface area contributed by atoms with Gasteiger partial charge in [-0.25, -0.2) is 4.79 Å². The maximum absolute atomic E-state index is 12.4. The molecule has 2 aliphatic heterocycles. The Labute approximate surface area is 149 Å². The van der Waals surface area contributed by atoms with Crippen molar-refractivity contribution >= 4 is 11.7 Å². The van der Waals surface area contributed by atoms with Gasteiger partial charge in [0.25, 0.3) is 0 Å². The number of carbonyl (C=O) groups excluding carboxylic acids is 1. The Kier molecular flexibility index (Phi) is 6.02. The lowest BCUT2D eigenvalue weighted by atomic mass is 9.99. The van der Waals surface area contributed by atoms with E-state index in [-0.39, 0.29) is 18.6 Å². The summed E-state index contributed by atoms with van der Waals surface area (Å²) in [5.74, 6) is 1.57. The van der Waals surface area contributed by atoms with Crippen molar-refractivity contribution in [2.45, 2.75) is 19.3 Å². The van der Waals surface area contributed by atoms with Gasteiger partial charge in [0.2, 0.25) is 0 Å². The van der Waals surface area contributed by atoms with Crippen molar-refractivity contribution in [3.05, 3.63) is 24.3 Å². The number of nitrogens with zero attached hydrogens (tertiary/aromatic N) is 2. The van der Waals surface area contributed by atoms with Gasteiger partial charge in [0.05, 0.1) is 7.11 Å². The molecular formula is C19H29N3O3. The smallest absolute Gasteiger partial charge is 0.317 e. The quantitative estimate of drug-likeness (QED) is 0.854. The molecule has 1 aromatic rings. The molecule has 0 aliphatic carbocycles. The minimum atomic E-state index is 0.0120. The Morgan fingerprint density at radius 3 is 2.96 bits per heavy atom. The van der Waals surface area contributed by atoms with E-state index in [4.69, 9.17) is 4.74 Å². The number of anilines is 1. The molecule has 2 amide bonds. The van der Waals surface area contributed by atoms with Crippen LogP contribution in [0, 0.1) is 11.8 Å². The Morgan fingerprint density at radius 2 is 2.16 bits per heavy atom. The molecule has 1 aromatic carbocycles. The number of nitrogens with one attached hydrogen (secondary N) is 1. The highest BCUT2D eigenvalue weighted by molar-refractivity contribution is 5.74. The van der Waals surface area contributed by atoms with Crippen molar-refractivity contribution in [3.8, 4) is 5.75 Å². The fourth-order valence-electron chi connectivity index (χ4n) is 3.78. The summed E-state index contributed by atoms with van der Waals surface area (Å²) in [6.45, 7) is 4.30. The SMILES string of the molecule is COc1cccc(N2CC[C@@H](CNC(=O)N3CCC[C@@H](CO)C3)C2)c1. The predicted molar refractivity (Wildman–Crippen MR) is 98.1 cm³/mol. The summed E-state index contributed by atoms with van der Waals surface area (Å²) in [6, 6.07) is 8.14. The molecule has 2 heterocycles. The molecule has 0 aromatic heterocycles. The molecule has 2 atom stereocenters. The average molecular weight is 347 g/mol. The first-order valence-electron chi connectivity index (χ1n) is 9.22. The molecule has 2 saturated heterocycles. The van der Waals surface area contributed by atoms with Gasteiger partial charge in [-0.05, 0) is 43.2 Å². The number of aliphatic hydroxyl groups is 1. The number of ether oxygens (including phenoxy) is 1. The van der Waals surface area contributed by atoms with Crippen molar-refractivity contribution in [2.75, 3.05) is 51.3 Å². The van der Waals surface area contributed by atoms with Crippen LogP contribution in [-0.4, -0.2) is 62.5 Å². The van der Waals surface area contributed by atoms with Gasteiger partial charge in [-0.2, -0.15) is 0 Å². The molecule has 25 heavy (non-hydrogen) atoms. The number of urea groups is 1. The van der Waals surface area contributed by atoms with E-state index in [1.165, 1.54) is 5.69 Å². The molecular weight excluding hydrogens is 318 g/mol. The van der Waals surface area contributed by atoms with E-state index >= 15 is 0 Å². The molecule has 2 aliphatic rings. The zero-order valence-electron chi connectivity index (χ0n) is 15.0. The minimum absolute atomic E-state index is 0.0120. The van der Waals surface area contributed by atoms with E-state index in [2.05, 4.69) is 22.3 Å². The number of methoxy groups -OCH3 is 1. The topological polar surface area (TPSA) is 65.0 Å². The number of likely N-dealkylation sites (tertiary alicyclic amines) is 1. The van der Waals surface area contributed by atoms with E-state index in [1.54, 1.807) is 7.11 Å². The number of hydrogen-bond acceptors (Lipinski definition) is 4. The lowest BCUT2D eigenvalue weighted by molar-refractivity contribution is 0.129. The normalized spacial score (nSPS) is 23.6. The molecule has 2 fully saturated rings. The summed E-state index contributed by atoms with van der Waals surface area (Å²) in [5.41, 5.74) is 1.18. The van der Waals surface area contributed by atoms with Crippen molar-refractivity contribution < 1.29 is 14.6 Å². The van der Waals surface area contributed by atoms with Gasteiger partial charge >= 0.3 is 6.03 Å². The lowest BCUT2D eigenvalue weighted by Crippen LogP contribution is -2.47. The van der Waals surface area contributed by atoms with Crippen LogP contribution in [0.2, 0.25) is 0 Å². The fourth-order valence-corrected chi connectivity index (χ4v) is 3.78. The second kappa shape index (κ2) is 8.43. The van der Waals surface area contributed by atoms with Gasteiger partial charge in [-0.1, -0.05) is 6.07 Å². The van der Waals surface area contributed by atoms with Crippen LogP contribution in [-0.2, 0) is 0 Å². The standard InChI is InChI=1S/C19H29N3O3/c1-25-18-6-2-5-17(10-18)21-9-7-15(12-21)11-20-19(24)22-8-3-4-16(13-22)14-23/h2,5-6,10,15-16,23H,3-4,7-9,11-14H2,1H3,(H,20,24)/t15-,16+/m0/s1. The highest BCUT2D eigenvalue weighted by atomic mass is 16.5. The number of benzene rings is 1. The molecule has 138 valence electrons. The third kappa shape index (κ3) is 4.57. The van der Waals surface area contributed by atoms with Crippen LogP contribution in [0.25, 0.3) is 0 Å². The third-order valence-corrected chi connectivity index (χ3v) is 5.31. The van der Waals surface area contributed by atoms with Crippen LogP contribution in [0.1, 0.15) is 19.3 Å². The second-order valence-electron chi connectivity index (χ2n) is 7.13. The van der Waals surface area contributed by atoms with Gasteiger partial charge in [0, 0.05) is 51.1 Å². The summed E-state index contributed by atoms with van der Waals surface area (Å²) in [6.07, 6.45) is 3.07. The van der Waals surface area contributed by atoms with Gasteiger partial charge in [0.1, 0.15) is 5.75 Å². The van der Waals surface area contributed by atoms with E-state index in [0.717, 1.165) is 44.6 Å². The summed E-state index contributed by atoms with van der Waals surface area (Å²) >= 11 is 0. The molecule has 6 heteroatoms. The molecule has 2 N–H and O–H groups in total. The first-order valence-corrected chi connectivity index (χ1v) is 9.22. The first kappa shape index (κ1) is 17.9. The van der Waals surface area contributed by atoms with Crippen LogP contribution in [0.15, 0.2) is 24.3 Å². The number of carbonyl (C=O) groups is 1. The Bertz CT molecular complexity index is 581. The number of aliphatic hydroxyl groups excluding tert-OH is 1. The van der Waals surface area contributed by atoms with Crippen LogP contribution in [0.3, 0.4) is 0 Å². The Morgan fingerprint density at radius 1 is 1.28 bits per heavy atom. The first-order chi connectivity index (χ1) is 12.2. The van der Waals surface area contributed by atoms with E-state index in [0.29, 0.717) is 19.0 Å². The summed E-state index contributed by atoms with van der Waals surface area (Å²) < 4.78 is 5.30. The molecule has 0 spiro atoms. The molecule has 3 rings (SSSR count).